The van der Waals surface area contributed by atoms with Crippen molar-refractivity contribution in [2.75, 3.05) is 32.1 Å². The molecule has 6 nitrogen and oxygen atoms in total. The zero-order valence-electron chi connectivity index (χ0n) is 14.1. The van der Waals surface area contributed by atoms with Crippen molar-refractivity contribution in [1.82, 2.24) is 9.88 Å². The molecule has 1 aromatic carbocycles. The Morgan fingerprint density at radius 3 is 2.62 bits per heavy atom. The minimum absolute atomic E-state index is 0.214. The molecule has 0 aliphatic carbocycles. The van der Waals surface area contributed by atoms with Crippen LogP contribution in [0, 0.1) is 5.41 Å². The molecular formula is C18H21N3O3. The molecule has 3 rings (SSSR count). The third kappa shape index (κ3) is 2.68. The lowest BCUT2D eigenvalue weighted by atomic mass is 9.90. The number of benzene rings is 1. The number of carbonyl (C=O) groups excluding carboxylic acids is 1. The molecule has 1 unspecified atom stereocenters. The number of aliphatic carboxylic acids is 1. The lowest BCUT2D eigenvalue weighted by Gasteiger charge is -2.21. The summed E-state index contributed by atoms with van der Waals surface area (Å²) in [6.45, 7) is 2.34. The zero-order chi connectivity index (χ0) is 17.5. The van der Waals surface area contributed by atoms with Gasteiger partial charge in [0.2, 0.25) is 0 Å². The third-order valence-corrected chi connectivity index (χ3v) is 4.67. The van der Waals surface area contributed by atoms with Crippen LogP contribution in [0.1, 0.15) is 23.8 Å². The molecule has 1 N–H and O–H groups in total. The lowest BCUT2D eigenvalue weighted by molar-refractivity contribution is -0.147. The average Bonchev–Trinajstić information content (AvgIpc) is 2.97. The highest BCUT2D eigenvalue weighted by atomic mass is 16.4. The van der Waals surface area contributed by atoms with Crippen molar-refractivity contribution in [2.24, 2.45) is 5.41 Å². The number of rotatable bonds is 3. The van der Waals surface area contributed by atoms with Crippen molar-refractivity contribution in [3.63, 3.8) is 0 Å². The Morgan fingerprint density at radius 1 is 1.29 bits per heavy atom. The number of carbonyl (C=O) groups is 2. The first-order valence-corrected chi connectivity index (χ1v) is 7.91. The van der Waals surface area contributed by atoms with Gasteiger partial charge in [-0.05, 0) is 25.5 Å². The van der Waals surface area contributed by atoms with Crippen molar-refractivity contribution in [3.8, 4) is 0 Å². The summed E-state index contributed by atoms with van der Waals surface area (Å²) < 4.78 is 0. The Bertz CT molecular complexity index is 818. The fourth-order valence-corrected chi connectivity index (χ4v) is 3.11. The van der Waals surface area contributed by atoms with Crippen LogP contribution in [0.4, 0.5) is 5.69 Å². The van der Waals surface area contributed by atoms with Crippen molar-refractivity contribution < 1.29 is 14.7 Å². The van der Waals surface area contributed by atoms with E-state index in [1.165, 1.54) is 0 Å². The summed E-state index contributed by atoms with van der Waals surface area (Å²) in [6.07, 6.45) is 0.461. The van der Waals surface area contributed by atoms with E-state index in [4.69, 9.17) is 0 Å². The molecule has 6 heteroatoms. The number of hydrogen-bond donors (Lipinski definition) is 1. The van der Waals surface area contributed by atoms with Crippen LogP contribution in [0.5, 0.6) is 0 Å². The largest absolute Gasteiger partial charge is 0.481 e. The standard InChI is InChI=1S/C18H21N3O3/c1-18(17(23)24)8-9-21(11-18)16(22)14-10-15(20(2)3)12-6-4-5-7-13(12)19-14/h4-7,10H,8-9,11H2,1-3H3,(H,23,24). The highest BCUT2D eigenvalue weighted by molar-refractivity contribution is 6.00. The number of anilines is 1. The van der Waals surface area contributed by atoms with Crippen LogP contribution < -0.4 is 4.90 Å². The molecule has 24 heavy (non-hydrogen) atoms. The maximum Gasteiger partial charge on any atom is 0.311 e. The fraction of sp³-hybridized carbons (Fsp3) is 0.389. The summed E-state index contributed by atoms with van der Waals surface area (Å²) in [5, 5.41) is 10.3. The minimum atomic E-state index is -0.878. The summed E-state index contributed by atoms with van der Waals surface area (Å²) in [4.78, 5) is 32.2. The predicted octanol–water partition coefficient (Wildman–Crippen LogP) is 2.24. The van der Waals surface area contributed by atoms with E-state index in [0.29, 0.717) is 18.7 Å². The number of amides is 1. The van der Waals surface area contributed by atoms with E-state index in [-0.39, 0.29) is 12.5 Å². The molecular weight excluding hydrogens is 306 g/mol. The smallest absolute Gasteiger partial charge is 0.311 e. The summed E-state index contributed by atoms with van der Waals surface area (Å²) in [6, 6.07) is 9.46. The van der Waals surface area contributed by atoms with Gasteiger partial charge in [0.05, 0.1) is 10.9 Å². The quantitative estimate of drug-likeness (QED) is 0.936. The van der Waals surface area contributed by atoms with Crippen LogP contribution in [0.3, 0.4) is 0 Å². The molecule has 0 spiro atoms. The maximum atomic E-state index is 12.8. The van der Waals surface area contributed by atoms with Crippen molar-refractivity contribution in [1.29, 1.82) is 0 Å². The van der Waals surface area contributed by atoms with E-state index in [1.807, 2.05) is 43.3 Å². The molecule has 1 saturated heterocycles. The summed E-state index contributed by atoms with van der Waals surface area (Å²) in [7, 11) is 3.85. The SMILES string of the molecule is CN(C)c1cc(C(=O)N2CCC(C)(C(=O)O)C2)nc2ccccc12. The first-order valence-electron chi connectivity index (χ1n) is 7.91. The van der Waals surface area contributed by atoms with Gasteiger partial charge >= 0.3 is 5.97 Å². The number of hydrogen-bond acceptors (Lipinski definition) is 4. The molecule has 126 valence electrons. The second-order valence-corrected chi connectivity index (χ2v) is 6.78. The second-order valence-electron chi connectivity index (χ2n) is 6.78. The number of aromatic nitrogens is 1. The number of nitrogens with zero attached hydrogens (tertiary/aromatic N) is 3. The first-order chi connectivity index (χ1) is 11.3. The van der Waals surface area contributed by atoms with Gasteiger partial charge in [-0.1, -0.05) is 18.2 Å². The van der Waals surface area contributed by atoms with Crippen LogP contribution in [0.2, 0.25) is 0 Å². The van der Waals surface area contributed by atoms with Gasteiger partial charge in [-0.25, -0.2) is 4.98 Å². The van der Waals surface area contributed by atoms with Crippen LogP contribution in [0.25, 0.3) is 10.9 Å². The molecule has 0 radical (unpaired) electrons. The number of carboxylic acid groups (broad SMARTS) is 1. The van der Waals surface area contributed by atoms with Crippen molar-refractivity contribution >= 4 is 28.5 Å². The average molecular weight is 327 g/mol. The highest BCUT2D eigenvalue weighted by Gasteiger charge is 2.42. The molecule has 1 aliphatic rings. The highest BCUT2D eigenvalue weighted by Crippen LogP contribution is 2.32. The summed E-state index contributed by atoms with van der Waals surface area (Å²) in [5.74, 6) is -1.08. The number of fused-ring (bicyclic) bond motifs is 1. The number of likely N-dealkylation sites (tertiary alicyclic amines) is 1. The Hall–Kier alpha value is -2.63. The van der Waals surface area contributed by atoms with Gasteiger partial charge in [0.1, 0.15) is 5.69 Å². The van der Waals surface area contributed by atoms with Gasteiger partial charge in [0.15, 0.2) is 0 Å². The van der Waals surface area contributed by atoms with Gasteiger partial charge in [-0.15, -0.1) is 0 Å². The van der Waals surface area contributed by atoms with Crippen molar-refractivity contribution in [3.05, 3.63) is 36.0 Å². The van der Waals surface area contributed by atoms with E-state index < -0.39 is 11.4 Å². The van der Waals surface area contributed by atoms with Crippen LogP contribution in [-0.4, -0.2) is 54.1 Å². The normalized spacial score (nSPS) is 20.4. The third-order valence-electron chi connectivity index (χ3n) is 4.67. The Labute approximate surface area is 140 Å². The number of carboxylic acids is 1. The minimum Gasteiger partial charge on any atom is -0.481 e. The molecule has 1 aromatic heterocycles. The molecule has 2 aromatic rings. The van der Waals surface area contributed by atoms with E-state index in [2.05, 4.69) is 4.98 Å². The molecule has 1 aliphatic heterocycles. The molecule has 1 amide bonds. The van der Waals surface area contributed by atoms with E-state index >= 15 is 0 Å². The van der Waals surface area contributed by atoms with Crippen LogP contribution >= 0.6 is 0 Å². The first kappa shape index (κ1) is 16.2. The summed E-state index contributed by atoms with van der Waals surface area (Å²) >= 11 is 0. The molecule has 2 heterocycles. The maximum absolute atomic E-state index is 12.8. The topological polar surface area (TPSA) is 73.7 Å². The fourth-order valence-electron chi connectivity index (χ4n) is 3.11. The Balaban J connectivity index is 1.98. The Morgan fingerprint density at radius 2 is 2.00 bits per heavy atom. The van der Waals surface area contributed by atoms with Gasteiger partial charge in [0.25, 0.3) is 5.91 Å². The van der Waals surface area contributed by atoms with Crippen molar-refractivity contribution in [2.45, 2.75) is 13.3 Å². The number of para-hydroxylation sites is 1. The second kappa shape index (κ2) is 5.78. The van der Waals surface area contributed by atoms with Crippen LogP contribution in [0.15, 0.2) is 30.3 Å². The van der Waals surface area contributed by atoms with E-state index in [1.54, 1.807) is 17.9 Å². The van der Waals surface area contributed by atoms with Gasteiger partial charge < -0.3 is 14.9 Å². The number of pyridine rings is 1. The van der Waals surface area contributed by atoms with E-state index in [0.717, 1.165) is 16.6 Å². The van der Waals surface area contributed by atoms with Gasteiger partial charge in [0, 0.05) is 38.3 Å². The van der Waals surface area contributed by atoms with E-state index in [9.17, 15) is 14.7 Å². The molecule has 0 saturated carbocycles. The molecule has 1 atom stereocenters. The molecule has 1 fully saturated rings. The molecule has 0 bridgehead atoms. The van der Waals surface area contributed by atoms with Crippen LogP contribution in [-0.2, 0) is 4.79 Å². The van der Waals surface area contributed by atoms with Gasteiger partial charge in [-0.3, -0.25) is 9.59 Å². The Kier molecular flexibility index (Phi) is 3.91. The summed E-state index contributed by atoms with van der Waals surface area (Å²) in [5.41, 5.74) is 1.15. The zero-order valence-corrected chi connectivity index (χ0v) is 14.1. The van der Waals surface area contributed by atoms with Gasteiger partial charge in [-0.2, -0.15) is 0 Å². The monoisotopic (exact) mass is 327 g/mol. The lowest BCUT2D eigenvalue weighted by Crippen LogP contribution is -2.35. The predicted molar refractivity (Wildman–Crippen MR) is 92.3 cm³/mol.